The van der Waals surface area contributed by atoms with Gasteiger partial charge in [0.15, 0.2) is 10.8 Å². The van der Waals surface area contributed by atoms with Crippen molar-refractivity contribution in [2.24, 2.45) is 5.92 Å². The standard InChI is InChI=1S/C24H27BrN6O3S/c1-12(2)6-16(11-32)29-23(34)20-13(3)28-21-17(8-15(25)10-31(20)21)22(33)27-9-14-4-5-18-19(7-14)35-24(26)30-18/h4-5,7-8,10,12,16,32H,6,9,11H2,1-3H3,(H2,26,30)(H,27,33)(H,29,34)/t16-/m0/s1. The van der Waals surface area contributed by atoms with Gasteiger partial charge in [-0.2, -0.15) is 0 Å². The van der Waals surface area contributed by atoms with Gasteiger partial charge in [-0.15, -0.1) is 0 Å². The van der Waals surface area contributed by atoms with E-state index >= 15 is 0 Å². The van der Waals surface area contributed by atoms with Crippen molar-refractivity contribution in [3.63, 3.8) is 0 Å². The fourth-order valence-corrected chi connectivity index (χ4v) is 5.27. The number of aliphatic hydroxyl groups excluding tert-OH is 1. The van der Waals surface area contributed by atoms with Crippen molar-refractivity contribution in [2.45, 2.75) is 39.8 Å². The molecule has 1 atom stereocenters. The molecule has 0 fully saturated rings. The van der Waals surface area contributed by atoms with Crippen molar-refractivity contribution in [1.82, 2.24) is 25.0 Å². The zero-order valence-electron chi connectivity index (χ0n) is 19.6. The van der Waals surface area contributed by atoms with E-state index in [0.717, 1.165) is 15.8 Å². The number of aromatic nitrogens is 3. The second kappa shape index (κ2) is 10.3. The fourth-order valence-electron chi connectivity index (χ4n) is 4.04. The molecule has 0 aliphatic carbocycles. The number of aliphatic hydroxyl groups is 1. The molecule has 0 radical (unpaired) electrons. The van der Waals surface area contributed by atoms with Crippen LogP contribution in [0.1, 0.15) is 52.4 Å². The van der Waals surface area contributed by atoms with Crippen LogP contribution in [0, 0.1) is 12.8 Å². The van der Waals surface area contributed by atoms with Crippen LogP contribution in [0.25, 0.3) is 15.9 Å². The van der Waals surface area contributed by atoms with Crippen LogP contribution in [0.4, 0.5) is 5.13 Å². The molecule has 2 amide bonds. The number of pyridine rings is 1. The number of imidazole rings is 1. The third kappa shape index (κ3) is 5.47. The molecule has 3 heterocycles. The molecule has 0 bridgehead atoms. The van der Waals surface area contributed by atoms with Crippen molar-refractivity contribution in [3.05, 3.63) is 57.4 Å². The summed E-state index contributed by atoms with van der Waals surface area (Å²) in [5.74, 6) is -0.351. The number of carbonyl (C=O) groups is 2. The number of anilines is 1. The summed E-state index contributed by atoms with van der Waals surface area (Å²) in [7, 11) is 0. The minimum atomic E-state index is -0.367. The molecular formula is C24H27BrN6O3S. The molecular weight excluding hydrogens is 532 g/mol. The number of halogens is 1. The second-order valence-electron chi connectivity index (χ2n) is 8.83. The number of nitrogens with two attached hydrogens (primary N) is 1. The lowest BCUT2D eigenvalue weighted by atomic mass is 10.0. The summed E-state index contributed by atoms with van der Waals surface area (Å²) in [5, 5.41) is 16.0. The van der Waals surface area contributed by atoms with E-state index in [-0.39, 0.29) is 24.5 Å². The summed E-state index contributed by atoms with van der Waals surface area (Å²) in [6.45, 7) is 5.94. The van der Waals surface area contributed by atoms with E-state index in [1.165, 1.54) is 11.3 Å². The monoisotopic (exact) mass is 558 g/mol. The highest BCUT2D eigenvalue weighted by molar-refractivity contribution is 9.10. The van der Waals surface area contributed by atoms with E-state index in [1.807, 2.05) is 32.0 Å². The van der Waals surface area contributed by atoms with Crippen LogP contribution in [0.2, 0.25) is 0 Å². The largest absolute Gasteiger partial charge is 0.394 e. The Morgan fingerprint density at radius 3 is 2.71 bits per heavy atom. The molecule has 0 aliphatic rings. The second-order valence-corrected chi connectivity index (χ2v) is 10.8. The molecule has 0 saturated carbocycles. The van der Waals surface area contributed by atoms with Gasteiger partial charge in [0, 0.05) is 17.2 Å². The van der Waals surface area contributed by atoms with Gasteiger partial charge in [0.2, 0.25) is 0 Å². The van der Waals surface area contributed by atoms with Crippen LogP contribution in [0.3, 0.4) is 0 Å². The Hall–Kier alpha value is -3.02. The highest BCUT2D eigenvalue weighted by Crippen LogP contribution is 2.25. The zero-order chi connectivity index (χ0) is 25.3. The predicted molar refractivity (Wildman–Crippen MR) is 141 cm³/mol. The van der Waals surface area contributed by atoms with Crippen molar-refractivity contribution in [2.75, 3.05) is 12.3 Å². The molecule has 9 nitrogen and oxygen atoms in total. The SMILES string of the molecule is Cc1nc2c(C(=O)NCc3ccc4nc(N)sc4c3)cc(Br)cn2c1C(=O)N[C@H](CO)CC(C)C. The van der Waals surface area contributed by atoms with Crippen LogP contribution in [-0.4, -0.2) is 43.9 Å². The molecule has 35 heavy (non-hydrogen) atoms. The first-order valence-electron chi connectivity index (χ1n) is 11.2. The van der Waals surface area contributed by atoms with Gasteiger partial charge in [-0.05, 0) is 59.0 Å². The molecule has 0 aliphatic heterocycles. The molecule has 3 aromatic heterocycles. The lowest BCUT2D eigenvalue weighted by Crippen LogP contribution is -2.39. The van der Waals surface area contributed by atoms with Crippen LogP contribution >= 0.6 is 27.3 Å². The number of hydrogen-bond donors (Lipinski definition) is 4. The Kier molecular flexibility index (Phi) is 7.39. The Morgan fingerprint density at radius 1 is 1.23 bits per heavy atom. The number of hydrogen-bond acceptors (Lipinski definition) is 7. The van der Waals surface area contributed by atoms with Crippen LogP contribution in [0.5, 0.6) is 0 Å². The highest BCUT2D eigenvalue weighted by Gasteiger charge is 2.23. The third-order valence-electron chi connectivity index (χ3n) is 5.55. The molecule has 4 rings (SSSR count). The summed E-state index contributed by atoms with van der Waals surface area (Å²) in [4.78, 5) is 35.0. The summed E-state index contributed by atoms with van der Waals surface area (Å²) in [6.07, 6.45) is 2.36. The van der Waals surface area contributed by atoms with Gasteiger partial charge in [-0.25, -0.2) is 9.97 Å². The summed E-state index contributed by atoms with van der Waals surface area (Å²) in [6, 6.07) is 7.05. The first kappa shape index (κ1) is 25.1. The van der Waals surface area contributed by atoms with Gasteiger partial charge in [0.05, 0.1) is 34.1 Å². The maximum atomic E-state index is 13.1. The maximum absolute atomic E-state index is 13.1. The van der Waals surface area contributed by atoms with Crippen LogP contribution in [0.15, 0.2) is 34.9 Å². The average Bonchev–Trinajstić information content (AvgIpc) is 3.33. The van der Waals surface area contributed by atoms with Gasteiger partial charge >= 0.3 is 0 Å². The van der Waals surface area contributed by atoms with E-state index in [9.17, 15) is 14.7 Å². The maximum Gasteiger partial charge on any atom is 0.270 e. The summed E-state index contributed by atoms with van der Waals surface area (Å²) in [5.41, 5.74) is 9.05. The number of nitrogens with zero attached hydrogens (tertiary/aromatic N) is 3. The lowest BCUT2D eigenvalue weighted by Gasteiger charge is -2.18. The number of nitrogens with one attached hydrogen (secondary N) is 2. The molecule has 11 heteroatoms. The van der Waals surface area contributed by atoms with Crippen molar-refractivity contribution in [1.29, 1.82) is 0 Å². The van der Waals surface area contributed by atoms with Gasteiger partial charge in [-0.3, -0.25) is 14.0 Å². The van der Waals surface area contributed by atoms with E-state index in [2.05, 4.69) is 36.5 Å². The molecule has 184 valence electrons. The summed E-state index contributed by atoms with van der Waals surface area (Å²) >= 11 is 4.85. The molecule has 0 saturated heterocycles. The van der Waals surface area contributed by atoms with Crippen molar-refractivity contribution in [3.8, 4) is 0 Å². The van der Waals surface area contributed by atoms with E-state index < -0.39 is 0 Å². The number of amides is 2. The normalized spacial score (nSPS) is 12.4. The average molecular weight is 559 g/mol. The Balaban J connectivity index is 1.59. The molecule has 5 N–H and O–H groups in total. The number of nitrogen functional groups attached to an aromatic ring is 1. The third-order valence-corrected chi connectivity index (χ3v) is 6.84. The van der Waals surface area contributed by atoms with Crippen molar-refractivity contribution >= 4 is 60.1 Å². The molecule has 0 spiro atoms. The quantitative estimate of drug-likeness (QED) is 0.260. The first-order valence-corrected chi connectivity index (χ1v) is 12.8. The fraction of sp³-hybridized carbons (Fsp3) is 0.333. The van der Waals surface area contributed by atoms with Crippen LogP contribution in [-0.2, 0) is 6.54 Å². The van der Waals surface area contributed by atoms with Gasteiger partial charge in [0.25, 0.3) is 11.8 Å². The van der Waals surface area contributed by atoms with Crippen LogP contribution < -0.4 is 16.4 Å². The van der Waals surface area contributed by atoms with Gasteiger partial charge in [-0.1, -0.05) is 31.3 Å². The molecule has 4 aromatic rings. The number of aryl methyl sites for hydroxylation is 1. The van der Waals surface area contributed by atoms with E-state index in [1.54, 1.807) is 23.6 Å². The number of carbonyl (C=O) groups excluding carboxylic acids is 2. The topological polar surface area (TPSA) is 135 Å². The highest BCUT2D eigenvalue weighted by atomic mass is 79.9. The number of thiazole rings is 1. The smallest absolute Gasteiger partial charge is 0.270 e. The van der Waals surface area contributed by atoms with E-state index in [4.69, 9.17) is 5.73 Å². The lowest BCUT2D eigenvalue weighted by molar-refractivity contribution is 0.0899. The Morgan fingerprint density at radius 2 is 2.00 bits per heavy atom. The molecule has 1 aromatic carbocycles. The van der Waals surface area contributed by atoms with E-state index in [0.29, 0.717) is 51.1 Å². The van der Waals surface area contributed by atoms with Crippen molar-refractivity contribution < 1.29 is 14.7 Å². The number of benzene rings is 1. The number of rotatable bonds is 8. The summed E-state index contributed by atoms with van der Waals surface area (Å²) < 4.78 is 3.20. The zero-order valence-corrected chi connectivity index (χ0v) is 22.0. The first-order chi connectivity index (χ1) is 16.7. The van der Waals surface area contributed by atoms with Gasteiger partial charge < -0.3 is 21.5 Å². The Bertz CT molecular complexity index is 1410. The van der Waals surface area contributed by atoms with Gasteiger partial charge in [0.1, 0.15) is 5.69 Å². The number of fused-ring (bicyclic) bond motifs is 2. The molecule has 0 unspecified atom stereocenters. The minimum Gasteiger partial charge on any atom is -0.394 e. The Labute approximate surface area is 214 Å². The minimum absolute atomic E-state index is 0.156. The predicted octanol–water partition coefficient (Wildman–Crippen LogP) is 3.66.